The molecule has 1 aliphatic heterocycles. The first-order valence-corrected chi connectivity index (χ1v) is 8.95. The first kappa shape index (κ1) is 17.4. The molecule has 1 amide bonds. The van der Waals surface area contributed by atoms with E-state index < -0.39 is 5.97 Å². The maximum atomic E-state index is 12.6. The van der Waals surface area contributed by atoms with Crippen molar-refractivity contribution in [2.45, 2.75) is 23.5 Å². The number of esters is 1. The molecule has 0 radical (unpaired) electrons. The van der Waals surface area contributed by atoms with Gasteiger partial charge in [0.15, 0.2) is 6.61 Å². The van der Waals surface area contributed by atoms with E-state index in [-0.39, 0.29) is 18.3 Å². The summed E-state index contributed by atoms with van der Waals surface area (Å²) in [5.74, 6) is -0.756. The summed E-state index contributed by atoms with van der Waals surface area (Å²) >= 11 is 1.75. The van der Waals surface area contributed by atoms with Crippen molar-refractivity contribution in [3.05, 3.63) is 54.1 Å². The van der Waals surface area contributed by atoms with Crippen molar-refractivity contribution in [1.29, 1.82) is 0 Å². The number of amides is 1. The second-order valence-electron chi connectivity index (χ2n) is 5.85. The Bertz CT molecular complexity index is 775. The quantitative estimate of drug-likeness (QED) is 0.852. The topological polar surface area (TPSA) is 66.8 Å². The highest BCUT2D eigenvalue weighted by Gasteiger charge is 2.24. The number of hydrogen-bond donors (Lipinski definition) is 1. The van der Waals surface area contributed by atoms with Crippen molar-refractivity contribution in [3.63, 3.8) is 0 Å². The summed E-state index contributed by atoms with van der Waals surface area (Å²) in [4.78, 5) is 27.4. The van der Waals surface area contributed by atoms with E-state index in [0.717, 1.165) is 17.0 Å². The van der Waals surface area contributed by atoms with Gasteiger partial charge in [0, 0.05) is 16.7 Å². The van der Waals surface area contributed by atoms with Crippen LogP contribution in [-0.2, 0) is 9.53 Å². The van der Waals surface area contributed by atoms with Crippen LogP contribution in [0.4, 0.5) is 5.69 Å². The molecule has 2 aromatic rings. The van der Waals surface area contributed by atoms with Gasteiger partial charge in [-0.3, -0.25) is 4.79 Å². The summed E-state index contributed by atoms with van der Waals surface area (Å²) in [5.41, 5.74) is 1.16. The number of phenols is 1. The molecule has 0 aromatic heterocycles. The molecule has 1 N–H and O–H groups in total. The van der Waals surface area contributed by atoms with Gasteiger partial charge in [-0.1, -0.05) is 19.1 Å². The maximum Gasteiger partial charge on any atom is 0.338 e. The number of aromatic hydroxyl groups is 1. The van der Waals surface area contributed by atoms with Crippen molar-refractivity contribution < 1.29 is 19.4 Å². The van der Waals surface area contributed by atoms with E-state index in [4.69, 9.17) is 4.74 Å². The van der Waals surface area contributed by atoms with Crippen molar-refractivity contribution >= 4 is 29.3 Å². The van der Waals surface area contributed by atoms with Crippen LogP contribution in [0, 0.1) is 0 Å². The number of phenolic OH excluding ortho intramolecular Hbond substituents is 1. The van der Waals surface area contributed by atoms with Gasteiger partial charge in [0.25, 0.3) is 5.91 Å². The van der Waals surface area contributed by atoms with Crippen LogP contribution in [0.3, 0.4) is 0 Å². The molecule has 2 aromatic carbocycles. The predicted octanol–water partition coefficient (Wildman–Crippen LogP) is 3.47. The molecule has 6 heteroatoms. The third-order valence-corrected chi connectivity index (χ3v) is 5.21. The van der Waals surface area contributed by atoms with Crippen LogP contribution >= 0.6 is 11.8 Å². The fourth-order valence-corrected chi connectivity index (χ4v) is 3.74. The number of hydrogen-bond acceptors (Lipinski definition) is 5. The Hall–Kier alpha value is -2.47. The normalized spacial score (nSPS) is 16.7. The number of ether oxygens (including phenoxy) is 1. The largest absolute Gasteiger partial charge is 0.508 e. The highest BCUT2D eigenvalue weighted by atomic mass is 32.2. The van der Waals surface area contributed by atoms with Crippen LogP contribution in [0.1, 0.15) is 23.7 Å². The number of thioether (sulfide) groups is 1. The van der Waals surface area contributed by atoms with E-state index in [2.05, 4.69) is 6.92 Å². The molecule has 0 bridgehead atoms. The lowest BCUT2D eigenvalue weighted by Gasteiger charge is -2.22. The number of benzene rings is 2. The lowest BCUT2D eigenvalue weighted by molar-refractivity contribution is -0.121. The average Bonchev–Trinajstić information content (AvgIpc) is 2.78. The maximum absolute atomic E-state index is 12.6. The number of nitrogens with zero attached hydrogens (tertiary/aromatic N) is 1. The van der Waals surface area contributed by atoms with Gasteiger partial charge in [-0.15, -0.1) is 11.8 Å². The minimum absolute atomic E-state index is 0.0698. The Labute approximate surface area is 150 Å². The number of para-hydroxylation sites is 1. The SMILES string of the molecule is C[C@H]1CCN(C(=O)COC(=O)c2ccc(O)cc2)c2ccccc2S1. The lowest BCUT2D eigenvalue weighted by Crippen LogP contribution is -2.35. The Morgan fingerprint density at radius 1 is 1.20 bits per heavy atom. The van der Waals surface area contributed by atoms with Crippen LogP contribution in [0.2, 0.25) is 0 Å². The van der Waals surface area contributed by atoms with Crippen LogP contribution < -0.4 is 4.90 Å². The van der Waals surface area contributed by atoms with Crippen molar-refractivity contribution in [3.8, 4) is 5.75 Å². The van der Waals surface area contributed by atoms with Crippen molar-refractivity contribution in [2.24, 2.45) is 0 Å². The van der Waals surface area contributed by atoms with Gasteiger partial charge < -0.3 is 14.7 Å². The Morgan fingerprint density at radius 3 is 2.68 bits per heavy atom. The standard InChI is InChI=1S/C19H19NO4S/c1-13-10-11-20(16-4-2-3-5-17(16)25-13)18(22)12-24-19(23)14-6-8-15(21)9-7-14/h2-9,13,21H,10-12H2,1H3/t13-/m0/s1. The summed E-state index contributed by atoms with van der Waals surface area (Å²) in [6.07, 6.45) is 0.872. The first-order chi connectivity index (χ1) is 12.0. The molecular formula is C19H19NO4S. The smallest absolute Gasteiger partial charge is 0.338 e. The number of carbonyl (C=O) groups excluding carboxylic acids is 2. The fourth-order valence-electron chi connectivity index (χ4n) is 2.63. The first-order valence-electron chi connectivity index (χ1n) is 8.07. The van der Waals surface area contributed by atoms with E-state index in [1.165, 1.54) is 24.3 Å². The van der Waals surface area contributed by atoms with Crippen LogP contribution in [-0.4, -0.2) is 35.4 Å². The Kier molecular flexibility index (Phi) is 5.28. The van der Waals surface area contributed by atoms with Gasteiger partial charge in [0.2, 0.25) is 0 Å². The summed E-state index contributed by atoms with van der Waals surface area (Å²) < 4.78 is 5.15. The van der Waals surface area contributed by atoms with Crippen molar-refractivity contribution in [2.75, 3.05) is 18.1 Å². The second-order valence-corrected chi connectivity index (χ2v) is 7.33. The minimum Gasteiger partial charge on any atom is -0.508 e. The van der Waals surface area contributed by atoms with Crippen LogP contribution in [0.5, 0.6) is 5.75 Å². The van der Waals surface area contributed by atoms with E-state index in [1.807, 2.05) is 24.3 Å². The van der Waals surface area contributed by atoms with Crippen LogP contribution in [0.25, 0.3) is 0 Å². The third kappa shape index (κ3) is 4.14. The number of fused-ring (bicyclic) bond motifs is 1. The van der Waals surface area contributed by atoms with Crippen molar-refractivity contribution in [1.82, 2.24) is 0 Å². The van der Waals surface area contributed by atoms with Gasteiger partial charge in [-0.05, 0) is 42.8 Å². The minimum atomic E-state index is -0.584. The zero-order valence-electron chi connectivity index (χ0n) is 13.8. The van der Waals surface area contributed by atoms with Gasteiger partial charge in [-0.25, -0.2) is 4.79 Å². The van der Waals surface area contributed by atoms with Gasteiger partial charge in [0.05, 0.1) is 11.3 Å². The van der Waals surface area contributed by atoms with Gasteiger partial charge in [-0.2, -0.15) is 0 Å². The summed E-state index contributed by atoms with van der Waals surface area (Å²) in [5, 5.41) is 9.67. The van der Waals surface area contributed by atoms with E-state index >= 15 is 0 Å². The van der Waals surface area contributed by atoms with E-state index in [0.29, 0.717) is 17.4 Å². The monoisotopic (exact) mass is 357 g/mol. The molecule has 3 rings (SSSR count). The Morgan fingerprint density at radius 2 is 1.92 bits per heavy atom. The predicted molar refractivity (Wildman–Crippen MR) is 97.1 cm³/mol. The highest BCUT2D eigenvalue weighted by Crippen LogP contribution is 2.37. The van der Waals surface area contributed by atoms with E-state index in [9.17, 15) is 14.7 Å². The molecule has 1 aliphatic rings. The summed E-state index contributed by atoms with van der Waals surface area (Å²) in [6.45, 7) is 2.42. The zero-order valence-corrected chi connectivity index (χ0v) is 14.7. The molecule has 0 aliphatic carbocycles. The molecule has 0 unspecified atom stereocenters. The highest BCUT2D eigenvalue weighted by molar-refractivity contribution is 8.00. The molecule has 0 spiro atoms. The summed E-state index contributed by atoms with van der Waals surface area (Å²) in [6, 6.07) is 13.5. The number of anilines is 1. The molecule has 5 nitrogen and oxygen atoms in total. The van der Waals surface area contributed by atoms with Crippen LogP contribution in [0.15, 0.2) is 53.4 Å². The molecule has 1 atom stereocenters. The molecular weight excluding hydrogens is 338 g/mol. The van der Waals surface area contributed by atoms with Gasteiger partial charge in [0.1, 0.15) is 5.75 Å². The number of rotatable bonds is 3. The second kappa shape index (κ2) is 7.61. The Balaban J connectivity index is 1.68. The van der Waals surface area contributed by atoms with Gasteiger partial charge >= 0.3 is 5.97 Å². The molecule has 130 valence electrons. The lowest BCUT2D eigenvalue weighted by atomic mass is 10.2. The fraction of sp³-hybridized carbons (Fsp3) is 0.263. The van der Waals surface area contributed by atoms with E-state index in [1.54, 1.807) is 16.7 Å². The molecule has 0 fully saturated rings. The molecule has 1 heterocycles. The molecule has 0 saturated heterocycles. The third-order valence-electron chi connectivity index (χ3n) is 3.97. The number of carbonyl (C=O) groups is 2. The molecule has 25 heavy (non-hydrogen) atoms. The zero-order chi connectivity index (χ0) is 17.8. The average molecular weight is 357 g/mol. The molecule has 0 saturated carbocycles. The summed E-state index contributed by atoms with van der Waals surface area (Å²) in [7, 11) is 0.